The van der Waals surface area contributed by atoms with Crippen LogP contribution in [0, 0.1) is 11.8 Å². The van der Waals surface area contributed by atoms with Crippen LogP contribution in [0.2, 0.25) is 0 Å². The molecule has 0 bridgehead atoms. The molecule has 0 spiro atoms. The van der Waals surface area contributed by atoms with Crippen molar-refractivity contribution in [3.05, 3.63) is 0 Å². The summed E-state index contributed by atoms with van der Waals surface area (Å²) in [7, 11) is 0. The zero-order chi connectivity index (χ0) is 25.9. The summed E-state index contributed by atoms with van der Waals surface area (Å²) in [6.07, 6.45) is -0.780. The number of nitrogens with one attached hydrogen (secondary N) is 3. The van der Waals surface area contributed by atoms with E-state index in [9.17, 15) is 33.9 Å². The van der Waals surface area contributed by atoms with Crippen molar-refractivity contribution in [3.63, 3.8) is 0 Å². The maximum absolute atomic E-state index is 12.8. The summed E-state index contributed by atoms with van der Waals surface area (Å²) in [6, 6.07) is -5.05. The van der Waals surface area contributed by atoms with Crippen molar-refractivity contribution >= 4 is 35.6 Å². The number of carbonyl (C=O) groups excluding carboxylic acids is 4. The van der Waals surface area contributed by atoms with Gasteiger partial charge in [0.25, 0.3) is 0 Å². The van der Waals surface area contributed by atoms with Gasteiger partial charge in [0, 0.05) is 6.42 Å². The van der Waals surface area contributed by atoms with Crippen LogP contribution >= 0.6 is 0 Å². The number of hydrogen-bond acceptors (Lipinski definition) is 7. The lowest BCUT2D eigenvalue weighted by atomic mass is 9.97. The fourth-order valence-corrected chi connectivity index (χ4v) is 2.84. The topological polar surface area (TPSA) is 231 Å². The van der Waals surface area contributed by atoms with E-state index < -0.39 is 78.5 Å². The van der Waals surface area contributed by atoms with Crippen molar-refractivity contribution in [3.8, 4) is 0 Å². The Bertz CT molecular complexity index is 742. The van der Waals surface area contributed by atoms with Gasteiger partial charge in [0.15, 0.2) is 0 Å². The van der Waals surface area contributed by atoms with E-state index in [2.05, 4.69) is 16.0 Å². The predicted octanol–water partition coefficient (Wildman–Crippen LogP) is -1.70. The zero-order valence-corrected chi connectivity index (χ0v) is 19.3. The third kappa shape index (κ3) is 10.8. The van der Waals surface area contributed by atoms with Crippen molar-refractivity contribution in [2.24, 2.45) is 23.3 Å². The molecule has 13 nitrogen and oxygen atoms in total. The molecule has 5 unspecified atom stereocenters. The normalized spacial score (nSPS) is 15.5. The molecule has 0 fully saturated rings. The average molecular weight is 474 g/mol. The summed E-state index contributed by atoms with van der Waals surface area (Å²) in [6.45, 7) is 6.68. The molecule has 0 aromatic rings. The first-order valence-corrected chi connectivity index (χ1v) is 10.6. The quantitative estimate of drug-likeness (QED) is 0.143. The second-order valence-corrected chi connectivity index (χ2v) is 8.21. The van der Waals surface area contributed by atoms with Crippen LogP contribution < -0.4 is 27.4 Å². The number of amides is 4. The lowest BCUT2D eigenvalue weighted by molar-refractivity contribution is -0.144. The molecule has 0 aliphatic rings. The highest BCUT2D eigenvalue weighted by Gasteiger charge is 2.33. The van der Waals surface area contributed by atoms with E-state index in [1.54, 1.807) is 27.7 Å². The van der Waals surface area contributed by atoms with Gasteiger partial charge in [0.05, 0.1) is 12.5 Å². The lowest BCUT2D eigenvalue weighted by Gasteiger charge is -2.28. The van der Waals surface area contributed by atoms with Crippen LogP contribution in [-0.4, -0.2) is 69.9 Å². The molecule has 0 aliphatic heterocycles. The number of carboxylic acid groups (broad SMARTS) is 2. The smallest absolute Gasteiger partial charge is 0.326 e. The van der Waals surface area contributed by atoms with Gasteiger partial charge in [-0.3, -0.25) is 24.0 Å². The molecule has 0 aromatic carbocycles. The Hall–Kier alpha value is -3.22. The number of primary amides is 1. The molecular weight excluding hydrogens is 438 g/mol. The second-order valence-electron chi connectivity index (χ2n) is 8.21. The van der Waals surface area contributed by atoms with Gasteiger partial charge in [0.2, 0.25) is 23.6 Å². The molecule has 0 saturated carbocycles. The summed E-state index contributed by atoms with van der Waals surface area (Å²) in [5.41, 5.74) is 10.6. The Morgan fingerprint density at radius 1 is 0.848 bits per heavy atom. The van der Waals surface area contributed by atoms with E-state index in [4.69, 9.17) is 16.6 Å². The van der Waals surface area contributed by atoms with Gasteiger partial charge in [-0.25, -0.2) is 4.79 Å². The molecule has 0 aromatic heterocycles. The van der Waals surface area contributed by atoms with Crippen molar-refractivity contribution < 1.29 is 39.0 Å². The summed E-state index contributed by atoms with van der Waals surface area (Å²) in [4.78, 5) is 71.2. The largest absolute Gasteiger partial charge is 0.481 e. The van der Waals surface area contributed by atoms with Crippen LogP contribution in [0.4, 0.5) is 0 Å². The first kappa shape index (κ1) is 29.8. The fraction of sp³-hybridized carbons (Fsp3) is 0.700. The first-order valence-electron chi connectivity index (χ1n) is 10.6. The van der Waals surface area contributed by atoms with Crippen molar-refractivity contribution in [1.82, 2.24) is 16.0 Å². The molecule has 0 rings (SSSR count). The van der Waals surface area contributed by atoms with Crippen LogP contribution in [0.15, 0.2) is 0 Å². The average Bonchev–Trinajstić information content (AvgIpc) is 2.70. The molecular formula is C20H35N5O8. The highest BCUT2D eigenvalue weighted by atomic mass is 16.4. The minimum atomic E-state index is -1.37. The summed E-state index contributed by atoms with van der Waals surface area (Å²) in [5, 5.41) is 25.5. The summed E-state index contributed by atoms with van der Waals surface area (Å²) in [5.74, 6) is -6.61. The highest BCUT2D eigenvalue weighted by molar-refractivity contribution is 5.95. The third-order valence-electron chi connectivity index (χ3n) is 5.06. The van der Waals surface area contributed by atoms with Crippen LogP contribution in [0.25, 0.3) is 0 Å². The first-order chi connectivity index (χ1) is 15.2. The van der Waals surface area contributed by atoms with Gasteiger partial charge >= 0.3 is 11.9 Å². The number of carbonyl (C=O) groups is 6. The SMILES string of the molecule is CCC(C)C(NC(=O)C(NC(=O)C(CCC(=O)O)NC(=O)C(N)CC(N)=O)C(C)C)C(=O)O. The Morgan fingerprint density at radius 2 is 1.39 bits per heavy atom. The molecule has 0 radical (unpaired) electrons. The Kier molecular flexibility index (Phi) is 12.7. The Morgan fingerprint density at radius 3 is 1.82 bits per heavy atom. The zero-order valence-electron chi connectivity index (χ0n) is 19.3. The standard InChI is InChI=1S/C20H35N5O8/c1-5-10(4)16(20(32)33)25-19(31)15(9(2)3)24-18(30)12(6-7-14(27)28)23-17(29)11(21)8-13(22)26/h9-12,15-16H,5-8,21H2,1-4H3,(H2,22,26)(H,23,29)(H,24,30)(H,25,31)(H,27,28)(H,32,33). The predicted molar refractivity (Wildman–Crippen MR) is 116 cm³/mol. The lowest BCUT2D eigenvalue weighted by Crippen LogP contribution is -2.59. The van der Waals surface area contributed by atoms with Gasteiger partial charge in [-0.2, -0.15) is 0 Å². The molecule has 33 heavy (non-hydrogen) atoms. The van der Waals surface area contributed by atoms with Gasteiger partial charge in [-0.1, -0.05) is 34.1 Å². The van der Waals surface area contributed by atoms with E-state index in [0.29, 0.717) is 6.42 Å². The maximum Gasteiger partial charge on any atom is 0.326 e. The second kappa shape index (κ2) is 14.0. The number of nitrogens with two attached hydrogens (primary N) is 2. The number of hydrogen-bond donors (Lipinski definition) is 7. The van der Waals surface area contributed by atoms with E-state index in [1.807, 2.05) is 0 Å². The Balaban J connectivity index is 5.54. The number of rotatable bonds is 15. The Labute approximate surface area is 192 Å². The molecule has 0 saturated heterocycles. The van der Waals surface area contributed by atoms with Crippen molar-refractivity contribution in [2.75, 3.05) is 0 Å². The maximum atomic E-state index is 12.8. The molecule has 4 amide bonds. The van der Waals surface area contributed by atoms with Gasteiger partial charge in [0.1, 0.15) is 18.1 Å². The molecule has 0 heterocycles. The van der Waals surface area contributed by atoms with E-state index in [0.717, 1.165) is 0 Å². The van der Waals surface area contributed by atoms with Gasteiger partial charge in [-0.05, 0) is 18.3 Å². The van der Waals surface area contributed by atoms with Crippen LogP contribution in [-0.2, 0) is 28.8 Å². The molecule has 9 N–H and O–H groups in total. The van der Waals surface area contributed by atoms with Crippen molar-refractivity contribution in [2.45, 2.75) is 77.5 Å². The molecule has 5 atom stereocenters. The van der Waals surface area contributed by atoms with Crippen LogP contribution in [0.5, 0.6) is 0 Å². The van der Waals surface area contributed by atoms with Gasteiger partial charge in [-0.15, -0.1) is 0 Å². The molecule has 188 valence electrons. The molecule has 13 heteroatoms. The summed E-state index contributed by atoms with van der Waals surface area (Å²) < 4.78 is 0. The minimum Gasteiger partial charge on any atom is -0.481 e. The van der Waals surface area contributed by atoms with E-state index in [1.165, 1.54) is 0 Å². The third-order valence-corrected chi connectivity index (χ3v) is 5.06. The van der Waals surface area contributed by atoms with E-state index >= 15 is 0 Å². The summed E-state index contributed by atoms with van der Waals surface area (Å²) >= 11 is 0. The molecule has 0 aliphatic carbocycles. The van der Waals surface area contributed by atoms with Crippen LogP contribution in [0.3, 0.4) is 0 Å². The van der Waals surface area contributed by atoms with Crippen molar-refractivity contribution in [1.29, 1.82) is 0 Å². The number of carboxylic acids is 2. The van der Waals surface area contributed by atoms with E-state index in [-0.39, 0.29) is 12.3 Å². The fourth-order valence-electron chi connectivity index (χ4n) is 2.84. The highest BCUT2D eigenvalue weighted by Crippen LogP contribution is 2.11. The number of aliphatic carboxylic acids is 2. The van der Waals surface area contributed by atoms with Crippen LogP contribution in [0.1, 0.15) is 53.4 Å². The minimum absolute atomic E-state index is 0.312. The monoisotopic (exact) mass is 473 g/mol. The van der Waals surface area contributed by atoms with Gasteiger partial charge < -0.3 is 37.6 Å².